The third kappa shape index (κ3) is 5.93. The van der Waals surface area contributed by atoms with Crippen LogP contribution in [0.5, 0.6) is 0 Å². The second-order valence-electron chi connectivity index (χ2n) is 2.48. The van der Waals surface area contributed by atoms with Crippen molar-refractivity contribution in [2.24, 2.45) is 0 Å². The maximum Gasteiger partial charge on any atom is 0.0407 e. The van der Waals surface area contributed by atoms with Gasteiger partial charge < -0.3 is 0 Å². The molecule has 0 saturated heterocycles. The summed E-state index contributed by atoms with van der Waals surface area (Å²) in [6, 6.07) is 0. The van der Waals surface area contributed by atoms with Crippen LogP contribution in [0.3, 0.4) is 0 Å². The fraction of sp³-hybridized carbons (Fsp3) is 0.400. The molecule has 0 atom stereocenters. The SMILES string of the molecule is C=C(C)/C=C(\C=C/CCl)CC. The maximum absolute atomic E-state index is 5.50. The van der Waals surface area contributed by atoms with Crippen LogP contribution in [0.1, 0.15) is 20.3 Å². The van der Waals surface area contributed by atoms with Crippen LogP contribution in [-0.2, 0) is 0 Å². The normalized spacial score (nSPS) is 12.5. The summed E-state index contributed by atoms with van der Waals surface area (Å²) in [5.74, 6) is 0.577. The summed E-state index contributed by atoms with van der Waals surface area (Å²) >= 11 is 5.50. The Kier molecular flexibility index (Phi) is 5.96. The smallest absolute Gasteiger partial charge is 0.0407 e. The van der Waals surface area contributed by atoms with E-state index in [4.69, 9.17) is 11.6 Å². The van der Waals surface area contributed by atoms with E-state index in [0.29, 0.717) is 5.88 Å². The van der Waals surface area contributed by atoms with Crippen molar-refractivity contribution in [1.29, 1.82) is 0 Å². The summed E-state index contributed by atoms with van der Waals surface area (Å²) in [6.45, 7) is 7.92. The van der Waals surface area contributed by atoms with Crippen molar-refractivity contribution in [3.63, 3.8) is 0 Å². The molecule has 0 nitrogen and oxygen atoms in total. The van der Waals surface area contributed by atoms with Crippen LogP contribution in [0.4, 0.5) is 0 Å². The Labute approximate surface area is 74.3 Å². The predicted octanol–water partition coefficient (Wildman–Crippen LogP) is 3.69. The molecular formula is C10H15Cl. The molecule has 0 unspecified atom stereocenters. The minimum Gasteiger partial charge on any atom is -0.122 e. The van der Waals surface area contributed by atoms with E-state index in [2.05, 4.69) is 19.6 Å². The van der Waals surface area contributed by atoms with Crippen LogP contribution in [0.2, 0.25) is 0 Å². The van der Waals surface area contributed by atoms with Crippen LogP contribution >= 0.6 is 11.6 Å². The zero-order valence-corrected chi connectivity index (χ0v) is 7.99. The molecule has 0 aliphatic heterocycles. The molecule has 1 heteroatoms. The molecule has 0 radical (unpaired) electrons. The summed E-state index contributed by atoms with van der Waals surface area (Å²) in [5.41, 5.74) is 2.36. The van der Waals surface area contributed by atoms with Gasteiger partial charge in [-0.05, 0) is 18.9 Å². The van der Waals surface area contributed by atoms with Crippen molar-refractivity contribution in [3.8, 4) is 0 Å². The van der Waals surface area contributed by atoms with Crippen molar-refractivity contribution in [3.05, 3.63) is 36.0 Å². The van der Waals surface area contributed by atoms with E-state index in [1.807, 2.05) is 19.1 Å². The molecule has 0 aliphatic carbocycles. The van der Waals surface area contributed by atoms with Gasteiger partial charge in [0.2, 0.25) is 0 Å². The van der Waals surface area contributed by atoms with Crippen molar-refractivity contribution in [1.82, 2.24) is 0 Å². The Morgan fingerprint density at radius 2 is 2.18 bits per heavy atom. The van der Waals surface area contributed by atoms with Gasteiger partial charge in [-0.3, -0.25) is 0 Å². The van der Waals surface area contributed by atoms with Gasteiger partial charge in [0.25, 0.3) is 0 Å². The van der Waals surface area contributed by atoms with Gasteiger partial charge in [0.05, 0.1) is 0 Å². The van der Waals surface area contributed by atoms with Gasteiger partial charge in [-0.1, -0.05) is 37.3 Å². The van der Waals surface area contributed by atoms with E-state index in [0.717, 1.165) is 12.0 Å². The predicted molar refractivity (Wildman–Crippen MR) is 53.0 cm³/mol. The first-order valence-corrected chi connectivity index (χ1v) is 4.32. The molecule has 0 rings (SSSR count). The van der Waals surface area contributed by atoms with Gasteiger partial charge >= 0.3 is 0 Å². The third-order valence-electron chi connectivity index (χ3n) is 1.26. The average Bonchev–Trinajstić information content (AvgIpc) is 1.97. The average molecular weight is 171 g/mol. The largest absolute Gasteiger partial charge is 0.122 e. The van der Waals surface area contributed by atoms with Gasteiger partial charge in [0, 0.05) is 5.88 Å². The molecule has 0 aromatic rings. The van der Waals surface area contributed by atoms with Gasteiger partial charge in [-0.15, -0.1) is 11.6 Å². The molecule has 0 amide bonds. The van der Waals surface area contributed by atoms with Crippen molar-refractivity contribution in [2.45, 2.75) is 20.3 Å². The Bertz CT molecular complexity index is 175. The van der Waals surface area contributed by atoms with Gasteiger partial charge in [-0.2, -0.15) is 0 Å². The van der Waals surface area contributed by atoms with Gasteiger partial charge in [-0.25, -0.2) is 0 Å². The van der Waals surface area contributed by atoms with Gasteiger partial charge in [0.15, 0.2) is 0 Å². The van der Waals surface area contributed by atoms with Crippen molar-refractivity contribution < 1.29 is 0 Å². The summed E-state index contributed by atoms with van der Waals surface area (Å²) in [7, 11) is 0. The highest BCUT2D eigenvalue weighted by atomic mass is 35.5. The highest BCUT2D eigenvalue weighted by molar-refractivity contribution is 6.18. The Morgan fingerprint density at radius 3 is 2.55 bits per heavy atom. The molecule has 62 valence electrons. The summed E-state index contributed by atoms with van der Waals surface area (Å²) in [4.78, 5) is 0. The molecule has 11 heavy (non-hydrogen) atoms. The molecule has 0 aromatic heterocycles. The monoisotopic (exact) mass is 170 g/mol. The molecule has 0 saturated carbocycles. The molecular weight excluding hydrogens is 156 g/mol. The fourth-order valence-corrected chi connectivity index (χ4v) is 0.870. The highest BCUT2D eigenvalue weighted by Gasteiger charge is 1.86. The minimum absolute atomic E-state index is 0.577. The summed E-state index contributed by atoms with van der Waals surface area (Å²) < 4.78 is 0. The van der Waals surface area contributed by atoms with Crippen LogP contribution in [0.25, 0.3) is 0 Å². The summed E-state index contributed by atoms with van der Waals surface area (Å²) in [5, 5.41) is 0. The first kappa shape index (κ1) is 10.5. The highest BCUT2D eigenvalue weighted by Crippen LogP contribution is 2.06. The Hall–Kier alpha value is -0.490. The molecule has 0 N–H and O–H groups in total. The number of hydrogen-bond acceptors (Lipinski definition) is 0. The Balaban J connectivity index is 4.16. The molecule has 0 aliphatic rings. The molecule has 0 bridgehead atoms. The van der Waals surface area contributed by atoms with Crippen LogP contribution in [0.15, 0.2) is 36.0 Å². The van der Waals surface area contributed by atoms with E-state index in [9.17, 15) is 0 Å². The molecule has 0 spiro atoms. The lowest BCUT2D eigenvalue weighted by molar-refractivity contribution is 1.14. The molecule has 0 fully saturated rings. The zero-order valence-electron chi connectivity index (χ0n) is 7.23. The maximum atomic E-state index is 5.50. The second kappa shape index (κ2) is 6.23. The number of alkyl halides is 1. The topological polar surface area (TPSA) is 0 Å². The van der Waals surface area contributed by atoms with Crippen molar-refractivity contribution in [2.75, 3.05) is 5.88 Å². The minimum atomic E-state index is 0.577. The van der Waals surface area contributed by atoms with Crippen LogP contribution in [0, 0.1) is 0 Å². The number of rotatable bonds is 4. The van der Waals surface area contributed by atoms with E-state index in [-0.39, 0.29) is 0 Å². The quantitative estimate of drug-likeness (QED) is 0.446. The standard InChI is InChI=1S/C10H15Cl/c1-4-10(6-5-7-11)8-9(2)3/h5-6,8H,2,4,7H2,1,3H3/b6-5-,10-8-. The lowest BCUT2D eigenvalue weighted by atomic mass is 10.1. The van der Waals surface area contributed by atoms with Gasteiger partial charge in [0.1, 0.15) is 0 Å². The zero-order chi connectivity index (χ0) is 8.69. The first-order valence-electron chi connectivity index (χ1n) is 3.79. The van der Waals surface area contributed by atoms with Crippen LogP contribution < -0.4 is 0 Å². The second-order valence-corrected chi connectivity index (χ2v) is 2.78. The summed E-state index contributed by atoms with van der Waals surface area (Å²) in [6.07, 6.45) is 7.09. The van der Waals surface area contributed by atoms with Crippen molar-refractivity contribution >= 4 is 11.6 Å². The Morgan fingerprint density at radius 1 is 1.55 bits per heavy atom. The lowest BCUT2D eigenvalue weighted by Crippen LogP contribution is -1.76. The number of halogens is 1. The van der Waals surface area contributed by atoms with Crippen LogP contribution in [-0.4, -0.2) is 5.88 Å². The molecule has 0 heterocycles. The lowest BCUT2D eigenvalue weighted by Gasteiger charge is -1.95. The third-order valence-corrected chi connectivity index (χ3v) is 1.44. The number of allylic oxidation sites excluding steroid dienone is 5. The van der Waals surface area contributed by atoms with E-state index >= 15 is 0 Å². The molecule has 0 aromatic carbocycles. The fourth-order valence-electron chi connectivity index (χ4n) is 0.780. The number of hydrogen-bond donors (Lipinski definition) is 0. The van der Waals surface area contributed by atoms with E-state index in [1.54, 1.807) is 0 Å². The van der Waals surface area contributed by atoms with E-state index in [1.165, 1.54) is 5.57 Å². The first-order chi connectivity index (χ1) is 5.20. The van der Waals surface area contributed by atoms with E-state index < -0.39 is 0 Å².